The highest BCUT2D eigenvalue weighted by molar-refractivity contribution is 4.74. The van der Waals surface area contributed by atoms with Gasteiger partial charge in [0.1, 0.15) is 0 Å². The van der Waals surface area contributed by atoms with Gasteiger partial charge in [0, 0.05) is 32.8 Å². The molecule has 0 saturated heterocycles. The summed E-state index contributed by atoms with van der Waals surface area (Å²) in [5.41, 5.74) is 0. The number of hydrogen-bond acceptors (Lipinski definition) is 4. The highest BCUT2D eigenvalue weighted by Gasteiger charge is 2.19. The Kier molecular flexibility index (Phi) is 9.92. The second-order valence-electron chi connectivity index (χ2n) is 4.28. The molecule has 0 aromatic rings. The average Bonchev–Trinajstić information content (AvgIpc) is 2.27. The minimum atomic E-state index is 0.437. The fraction of sp³-hybridized carbons (Fsp3) is 1.00. The van der Waals surface area contributed by atoms with Crippen molar-refractivity contribution in [3.8, 4) is 0 Å². The Hall–Kier alpha value is -0.160. The fourth-order valence-electron chi connectivity index (χ4n) is 1.93. The van der Waals surface area contributed by atoms with E-state index < -0.39 is 0 Å². The van der Waals surface area contributed by atoms with E-state index in [9.17, 15) is 0 Å². The van der Waals surface area contributed by atoms with Crippen LogP contribution in [0.4, 0.5) is 0 Å². The van der Waals surface area contributed by atoms with E-state index in [-0.39, 0.29) is 0 Å². The van der Waals surface area contributed by atoms with E-state index in [2.05, 4.69) is 24.1 Å². The Labute approximate surface area is 100 Å². The minimum absolute atomic E-state index is 0.437. The molecule has 0 fully saturated rings. The topological polar surface area (TPSA) is 33.7 Å². The van der Waals surface area contributed by atoms with E-state index in [4.69, 9.17) is 9.47 Å². The lowest BCUT2D eigenvalue weighted by atomic mass is 10.1. The van der Waals surface area contributed by atoms with Crippen molar-refractivity contribution in [2.75, 3.05) is 47.6 Å². The van der Waals surface area contributed by atoms with Crippen LogP contribution >= 0.6 is 0 Å². The molecule has 4 nitrogen and oxygen atoms in total. The van der Waals surface area contributed by atoms with Crippen LogP contribution in [-0.2, 0) is 9.47 Å². The second kappa shape index (κ2) is 10.0. The predicted molar refractivity (Wildman–Crippen MR) is 67.9 cm³/mol. The summed E-state index contributed by atoms with van der Waals surface area (Å²) in [6.07, 6.45) is 1.15. The molecule has 2 atom stereocenters. The molecule has 0 heterocycles. The maximum atomic E-state index is 5.22. The van der Waals surface area contributed by atoms with Gasteiger partial charge in [-0.25, -0.2) is 0 Å². The Morgan fingerprint density at radius 3 is 2.31 bits per heavy atom. The molecule has 98 valence electrons. The number of ether oxygens (including phenoxy) is 2. The van der Waals surface area contributed by atoms with E-state index in [1.165, 1.54) is 0 Å². The monoisotopic (exact) mass is 232 g/mol. The second-order valence-corrected chi connectivity index (χ2v) is 4.28. The van der Waals surface area contributed by atoms with Gasteiger partial charge < -0.3 is 14.8 Å². The normalized spacial score (nSPS) is 15.4. The molecular weight excluding hydrogens is 204 g/mol. The summed E-state index contributed by atoms with van der Waals surface area (Å²) in [6.45, 7) is 8.02. The predicted octanol–water partition coefficient (Wildman–Crippen LogP) is 0.968. The smallest absolute Gasteiger partial charge is 0.0615 e. The molecular formula is C12H28N2O2. The zero-order valence-corrected chi connectivity index (χ0v) is 11.5. The van der Waals surface area contributed by atoms with Crippen molar-refractivity contribution in [1.29, 1.82) is 0 Å². The van der Waals surface area contributed by atoms with Gasteiger partial charge in [0.2, 0.25) is 0 Å². The number of hydrogen-bond donors (Lipinski definition) is 1. The van der Waals surface area contributed by atoms with Crippen LogP contribution in [0.25, 0.3) is 0 Å². The van der Waals surface area contributed by atoms with Gasteiger partial charge in [-0.2, -0.15) is 0 Å². The quantitative estimate of drug-likeness (QED) is 0.608. The van der Waals surface area contributed by atoms with E-state index in [0.717, 1.165) is 32.7 Å². The lowest BCUT2D eigenvalue weighted by Gasteiger charge is -2.34. The Morgan fingerprint density at radius 1 is 1.12 bits per heavy atom. The molecule has 0 bridgehead atoms. The van der Waals surface area contributed by atoms with Crippen molar-refractivity contribution in [1.82, 2.24) is 10.2 Å². The van der Waals surface area contributed by atoms with Gasteiger partial charge in [-0.3, -0.25) is 4.90 Å². The first-order valence-electron chi connectivity index (χ1n) is 6.05. The molecule has 2 unspecified atom stereocenters. The standard InChI is InChI=1S/C12H28N2O2/c1-11(6-7-13-3)14(8-9-15-4)12(2)10-16-5/h11-13H,6-10H2,1-5H3. The molecule has 0 aromatic carbocycles. The first-order chi connectivity index (χ1) is 7.67. The van der Waals surface area contributed by atoms with Gasteiger partial charge in [-0.1, -0.05) is 0 Å². The fourth-order valence-corrected chi connectivity index (χ4v) is 1.93. The van der Waals surface area contributed by atoms with E-state index in [0.29, 0.717) is 12.1 Å². The van der Waals surface area contributed by atoms with Crippen molar-refractivity contribution in [2.45, 2.75) is 32.4 Å². The van der Waals surface area contributed by atoms with Crippen LogP contribution in [-0.4, -0.2) is 64.6 Å². The summed E-state index contributed by atoms with van der Waals surface area (Å²) in [6, 6.07) is 0.986. The Balaban J connectivity index is 4.15. The molecule has 0 saturated carbocycles. The molecule has 0 amide bonds. The van der Waals surface area contributed by atoms with E-state index in [1.54, 1.807) is 14.2 Å². The summed E-state index contributed by atoms with van der Waals surface area (Å²) in [5.74, 6) is 0. The molecule has 0 radical (unpaired) electrons. The summed E-state index contributed by atoms with van der Waals surface area (Å²) < 4.78 is 10.4. The highest BCUT2D eigenvalue weighted by Crippen LogP contribution is 2.09. The highest BCUT2D eigenvalue weighted by atomic mass is 16.5. The molecule has 0 spiro atoms. The average molecular weight is 232 g/mol. The van der Waals surface area contributed by atoms with Crippen LogP contribution in [0.1, 0.15) is 20.3 Å². The lowest BCUT2D eigenvalue weighted by Crippen LogP contribution is -2.45. The molecule has 0 rings (SSSR count). The molecule has 16 heavy (non-hydrogen) atoms. The lowest BCUT2D eigenvalue weighted by molar-refractivity contribution is 0.0496. The van der Waals surface area contributed by atoms with Crippen LogP contribution in [0, 0.1) is 0 Å². The molecule has 0 aliphatic carbocycles. The van der Waals surface area contributed by atoms with Crippen molar-refractivity contribution in [3.05, 3.63) is 0 Å². The molecule has 0 aliphatic rings. The third kappa shape index (κ3) is 6.43. The molecule has 4 heteroatoms. The summed E-state index contributed by atoms with van der Waals surface area (Å²) >= 11 is 0. The zero-order valence-electron chi connectivity index (χ0n) is 11.5. The number of rotatable bonds is 10. The molecule has 0 aromatic heterocycles. The Bertz CT molecular complexity index is 156. The largest absolute Gasteiger partial charge is 0.383 e. The first-order valence-corrected chi connectivity index (χ1v) is 6.05. The van der Waals surface area contributed by atoms with Crippen molar-refractivity contribution < 1.29 is 9.47 Å². The van der Waals surface area contributed by atoms with Gasteiger partial charge in [0.15, 0.2) is 0 Å². The van der Waals surface area contributed by atoms with Crippen LogP contribution in [0.5, 0.6) is 0 Å². The third-order valence-electron chi connectivity index (χ3n) is 2.91. The number of nitrogens with one attached hydrogen (secondary N) is 1. The summed E-state index contributed by atoms with van der Waals surface area (Å²) in [5, 5.41) is 3.19. The van der Waals surface area contributed by atoms with Gasteiger partial charge in [0.05, 0.1) is 13.2 Å². The maximum absolute atomic E-state index is 5.22. The van der Waals surface area contributed by atoms with Crippen molar-refractivity contribution in [2.24, 2.45) is 0 Å². The van der Waals surface area contributed by atoms with Gasteiger partial charge in [0.25, 0.3) is 0 Å². The van der Waals surface area contributed by atoms with Crippen LogP contribution in [0.2, 0.25) is 0 Å². The number of methoxy groups -OCH3 is 2. The SMILES string of the molecule is CNCCC(C)N(CCOC)C(C)COC. The molecule has 0 aliphatic heterocycles. The van der Waals surface area contributed by atoms with Crippen LogP contribution < -0.4 is 5.32 Å². The van der Waals surface area contributed by atoms with E-state index in [1.807, 2.05) is 7.05 Å². The molecule has 1 N–H and O–H groups in total. The van der Waals surface area contributed by atoms with Gasteiger partial charge in [-0.05, 0) is 33.9 Å². The van der Waals surface area contributed by atoms with Crippen molar-refractivity contribution in [3.63, 3.8) is 0 Å². The Morgan fingerprint density at radius 2 is 1.81 bits per heavy atom. The zero-order chi connectivity index (χ0) is 12.4. The maximum Gasteiger partial charge on any atom is 0.0615 e. The minimum Gasteiger partial charge on any atom is -0.383 e. The van der Waals surface area contributed by atoms with Crippen molar-refractivity contribution >= 4 is 0 Å². The van der Waals surface area contributed by atoms with Gasteiger partial charge >= 0.3 is 0 Å². The summed E-state index contributed by atoms with van der Waals surface area (Å²) in [7, 11) is 5.49. The first kappa shape index (κ1) is 15.8. The number of nitrogens with zero attached hydrogens (tertiary/aromatic N) is 1. The summed E-state index contributed by atoms with van der Waals surface area (Å²) in [4.78, 5) is 2.45. The third-order valence-corrected chi connectivity index (χ3v) is 2.91. The van der Waals surface area contributed by atoms with Gasteiger partial charge in [-0.15, -0.1) is 0 Å². The van der Waals surface area contributed by atoms with Crippen LogP contribution in [0.15, 0.2) is 0 Å². The van der Waals surface area contributed by atoms with Crippen LogP contribution in [0.3, 0.4) is 0 Å². The van der Waals surface area contributed by atoms with E-state index >= 15 is 0 Å².